The predicted octanol–water partition coefficient (Wildman–Crippen LogP) is 3.33. The fraction of sp³-hybridized carbons (Fsp3) is 0.350. The molecule has 2 aromatic heterocycles. The lowest BCUT2D eigenvalue weighted by molar-refractivity contribution is 0.0954. The zero-order valence-electron chi connectivity index (χ0n) is 15.9. The summed E-state index contributed by atoms with van der Waals surface area (Å²) >= 11 is 7.61. The molecule has 0 aliphatic carbocycles. The molecule has 1 amide bonds. The van der Waals surface area contributed by atoms with Crippen LogP contribution in [0.5, 0.6) is 0 Å². The molecule has 8 heteroatoms. The van der Waals surface area contributed by atoms with E-state index in [0.29, 0.717) is 16.4 Å². The number of nitrogens with one attached hydrogen (secondary N) is 1. The molecule has 1 aliphatic rings. The van der Waals surface area contributed by atoms with Crippen molar-refractivity contribution in [2.24, 2.45) is 0 Å². The van der Waals surface area contributed by atoms with Crippen LogP contribution in [-0.2, 0) is 6.54 Å². The quantitative estimate of drug-likeness (QED) is 0.708. The summed E-state index contributed by atoms with van der Waals surface area (Å²) in [6.07, 6.45) is 1.59. The first-order valence-corrected chi connectivity index (χ1v) is 10.4. The van der Waals surface area contributed by atoms with E-state index in [2.05, 4.69) is 32.1 Å². The van der Waals surface area contributed by atoms with Crippen molar-refractivity contribution in [2.75, 3.05) is 38.1 Å². The average Bonchev–Trinajstić information content (AvgIpc) is 3.05. The Labute approximate surface area is 173 Å². The largest absolute Gasteiger partial charge is 0.353 e. The first kappa shape index (κ1) is 19.1. The van der Waals surface area contributed by atoms with E-state index >= 15 is 0 Å². The molecule has 1 aromatic carbocycles. The summed E-state index contributed by atoms with van der Waals surface area (Å²) < 4.78 is 0. The second-order valence-electron chi connectivity index (χ2n) is 7.00. The normalized spacial score (nSPS) is 15.2. The lowest BCUT2D eigenvalue weighted by atomic mass is 10.1. The molecule has 0 radical (unpaired) electrons. The van der Waals surface area contributed by atoms with Crippen molar-refractivity contribution < 1.29 is 4.79 Å². The Bertz CT molecular complexity index is 1010. The molecular formula is C20H22ClN5OS. The van der Waals surface area contributed by atoms with Crippen molar-refractivity contribution in [3.05, 3.63) is 51.6 Å². The van der Waals surface area contributed by atoms with Gasteiger partial charge in [0.05, 0.1) is 10.3 Å². The van der Waals surface area contributed by atoms with E-state index in [4.69, 9.17) is 11.6 Å². The molecule has 1 fully saturated rings. The first-order valence-electron chi connectivity index (χ1n) is 9.24. The number of carbonyl (C=O) groups excluding carboxylic acids is 1. The third-order valence-corrected chi connectivity index (χ3v) is 6.68. The average molecular weight is 416 g/mol. The number of hydrogen-bond acceptors (Lipinski definition) is 6. The summed E-state index contributed by atoms with van der Waals surface area (Å²) in [6.45, 7) is 6.22. The maximum atomic E-state index is 12.8. The number of aryl methyl sites for hydroxylation is 1. The molecule has 0 atom stereocenters. The molecule has 1 N–H and O–H groups in total. The Morgan fingerprint density at radius 3 is 2.71 bits per heavy atom. The number of thiophene rings is 1. The Morgan fingerprint density at radius 2 is 1.96 bits per heavy atom. The predicted molar refractivity (Wildman–Crippen MR) is 114 cm³/mol. The van der Waals surface area contributed by atoms with Crippen molar-refractivity contribution >= 4 is 44.9 Å². The van der Waals surface area contributed by atoms with E-state index < -0.39 is 0 Å². The van der Waals surface area contributed by atoms with Crippen LogP contribution >= 0.6 is 22.9 Å². The molecule has 0 unspecified atom stereocenters. The van der Waals surface area contributed by atoms with Gasteiger partial charge < -0.3 is 15.1 Å². The molecule has 3 heterocycles. The highest BCUT2D eigenvalue weighted by molar-refractivity contribution is 7.20. The third-order valence-electron chi connectivity index (χ3n) is 5.11. The molecule has 4 rings (SSSR count). The van der Waals surface area contributed by atoms with Gasteiger partial charge in [0.25, 0.3) is 5.91 Å². The summed E-state index contributed by atoms with van der Waals surface area (Å²) in [5.41, 5.74) is 1.83. The van der Waals surface area contributed by atoms with Crippen LogP contribution in [0.1, 0.15) is 20.8 Å². The van der Waals surface area contributed by atoms with Crippen LogP contribution in [0.4, 0.5) is 5.82 Å². The molecule has 6 nitrogen and oxygen atoms in total. The van der Waals surface area contributed by atoms with Gasteiger partial charge in [-0.15, -0.1) is 11.3 Å². The van der Waals surface area contributed by atoms with Crippen LogP contribution in [-0.4, -0.2) is 54.0 Å². The molecule has 1 saturated heterocycles. The number of anilines is 1. The smallest absolute Gasteiger partial charge is 0.261 e. The van der Waals surface area contributed by atoms with Gasteiger partial charge in [-0.1, -0.05) is 29.8 Å². The number of fused-ring (bicyclic) bond motifs is 1. The molecule has 146 valence electrons. The minimum Gasteiger partial charge on any atom is -0.353 e. The van der Waals surface area contributed by atoms with Crippen molar-refractivity contribution in [3.63, 3.8) is 0 Å². The lowest BCUT2D eigenvalue weighted by Crippen LogP contribution is -2.44. The van der Waals surface area contributed by atoms with E-state index in [1.54, 1.807) is 6.33 Å². The van der Waals surface area contributed by atoms with Crippen LogP contribution in [0.15, 0.2) is 30.6 Å². The monoisotopic (exact) mass is 415 g/mol. The van der Waals surface area contributed by atoms with Gasteiger partial charge in [0.15, 0.2) is 0 Å². The number of aromatic nitrogens is 2. The number of piperazine rings is 1. The number of likely N-dealkylation sites (N-methyl/N-ethyl adjacent to an activating group) is 1. The fourth-order valence-corrected chi connectivity index (χ4v) is 4.69. The topological polar surface area (TPSA) is 61.4 Å². The number of amides is 1. The zero-order valence-corrected chi connectivity index (χ0v) is 17.5. The number of benzene rings is 1. The highest BCUT2D eigenvalue weighted by Crippen LogP contribution is 2.35. The van der Waals surface area contributed by atoms with Crippen molar-refractivity contribution in [1.82, 2.24) is 20.2 Å². The maximum absolute atomic E-state index is 12.8. The van der Waals surface area contributed by atoms with Gasteiger partial charge in [0.2, 0.25) is 0 Å². The van der Waals surface area contributed by atoms with Crippen molar-refractivity contribution in [3.8, 4) is 0 Å². The van der Waals surface area contributed by atoms with Gasteiger partial charge in [-0.25, -0.2) is 9.97 Å². The summed E-state index contributed by atoms with van der Waals surface area (Å²) in [4.78, 5) is 27.9. The molecule has 1 aliphatic heterocycles. The minimum absolute atomic E-state index is 0.107. The van der Waals surface area contributed by atoms with Gasteiger partial charge in [0, 0.05) is 37.7 Å². The third kappa shape index (κ3) is 3.70. The highest BCUT2D eigenvalue weighted by Gasteiger charge is 2.23. The summed E-state index contributed by atoms with van der Waals surface area (Å²) in [7, 11) is 2.13. The van der Waals surface area contributed by atoms with Gasteiger partial charge >= 0.3 is 0 Å². The summed E-state index contributed by atoms with van der Waals surface area (Å²) in [5.74, 6) is 0.821. The minimum atomic E-state index is -0.107. The van der Waals surface area contributed by atoms with Gasteiger partial charge in [0.1, 0.15) is 17.0 Å². The Kier molecular flexibility index (Phi) is 5.48. The number of carbonyl (C=O) groups is 1. The Balaban J connectivity index is 1.60. The van der Waals surface area contributed by atoms with Crippen LogP contribution in [0.25, 0.3) is 10.2 Å². The number of nitrogens with zero attached hydrogens (tertiary/aromatic N) is 4. The SMILES string of the molecule is Cc1c(C(=O)NCc2ccccc2Cl)sc2ncnc(N3CCN(C)CC3)c12. The summed E-state index contributed by atoms with van der Waals surface area (Å²) in [6, 6.07) is 7.53. The van der Waals surface area contributed by atoms with E-state index in [-0.39, 0.29) is 5.91 Å². The van der Waals surface area contributed by atoms with Crippen LogP contribution < -0.4 is 10.2 Å². The molecule has 0 spiro atoms. The molecule has 28 heavy (non-hydrogen) atoms. The molecule has 3 aromatic rings. The zero-order chi connectivity index (χ0) is 19.7. The van der Waals surface area contributed by atoms with Crippen molar-refractivity contribution in [2.45, 2.75) is 13.5 Å². The molecule has 0 bridgehead atoms. The standard InChI is InChI=1S/C20H22ClN5OS/c1-13-16-18(26-9-7-25(2)8-10-26)23-12-24-20(16)28-17(13)19(27)22-11-14-5-3-4-6-15(14)21/h3-6,12H,7-11H2,1-2H3,(H,22,27). The number of hydrogen-bond donors (Lipinski definition) is 1. The number of rotatable bonds is 4. The first-order chi connectivity index (χ1) is 13.5. The maximum Gasteiger partial charge on any atom is 0.261 e. The lowest BCUT2D eigenvalue weighted by Gasteiger charge is -2.33. The Hall–Kier alpha value is -2.22. The van der Waals surface area contributed by atoms with E-state index in [0.717, 1.165) is 53.3 Å². The van der Waals surface area contributed by atoms with Gasteiger partial charge in [-0.05, 0) is 31.2 Å². The van der Waals surface area contributed by atoms with Gasteiger partial charge in [-0.2, -0.15) is 0 Å². The van der Waals surface area contributed by atoms with E-state index in [1.165, 1.54) is 11.3 Å². The van der Waals surface area contributed by atoms with Crippen LogP contribution in [0, 0.1) is 6.92 Å². The van der Waals surface area contributed by atoms with E-state index in [1.807, 2.05) is 31.2 Å². The molecule has 0 saturated carbocycles. The van der Waals surface area contributed by atoms with Crippen molar-refractivity contribution in [1.29, 1.82) is 0 Å². The Morgan fingerprint density at radius 1 is 1.21 bits per heavy atom. The molecular weight excluding hydrogens is 394 g/mol. The second-order valence-corrected chi connectivity index (χ2v) is 8.40. The van der Waals surface area contributed by atoms with Crippen LogP contribution in [0.3, 0.4) is 0 Å². The summed E-state index contributed by atoms with van der Waals surface area (Å²) in [5, 5.41) is 4.62. The van der Waals surface area contributed by atoms with E-state index in [9.17, 15) is 4.79 Å². The van der Waals surface area contributed by atoms with Gasteiger partial charge in [-0.3, -0.25) is 4.79 Å². The highest BCUT2D eigenvalue weighted by atomic mass is 35.5. The van der Waals surface area contributed by atoms with Crippen LogP contribution in [0.2, 0.25) is 5.02 Å². The number of halogens is 1. The fourth-order valence-electron chi connectivity index (χ4n) is 3.43. The second kappa shape index (κ2) is 8.03.